The molecule has 0 heterocycles. The van der Waals surface area contributed by atoms with Crippen molar-refractivity contribution in [3.63, 3.8) is 0 Å². The average molecular weight is 1210 g/mol. The van der Waals surface area contributed by atoms with Gasteiger partial charge in [0.25, 0.3) is 7.82 Å². The summed E-state index contributed by atoms with van der Waals surface area (Å²) in [6, 6.07) is -0.902. The van der Waals surface area contributed by atoms with Gasteiger partial charge in [0.05, 0.1) is 39.9 Å². The van der Waals surface area contributed by atoms with Gasteiger partial charge in [0.2, 0.25) is 5.91 Å². The van der Waals surface area contributed by atoms with Crippen LogP contribution in [0.1, 0.15) is 399 Å². The van der Waals surface area contributed by atoms with Crippen LogP contribution < -0.4 is 10.2 Å². The molecule has 0 radical (unpaired) electrons. The Bertz CT molecular complexity index is 1420. The maximum atomic E-state index is 13.0. The number of carbonyl (C=O) groups excluding carboxylic acids is 1. The summed E-state index contributed by atoms with van der Waals surface area (Å²) in [5.41, 5.74) is 0. The fraction of sp³-hybridized carbons (Fsp3) is 0.933. The largest absolute Gasteiger partial charge is 0.756 e. The molecule has 0 aliphatic rings. The Morgan fingerprint density at radius 2 is 0.667 bits per heavy atom. The lowest BCUT2D eigenvalue weighted by atomic mass is 10.0. The van der Waals surface area contributed by atoms with Crippen LogP contribution in [0.5, 0.6) is 0 Å². The van der Waals surface area contributed by atoms with Crippen LogP contribution in [-0.2, 0) is 18.4 Å². The first-order valence-electron chi connectivity index (χ1n) is 37.7. The van der Waals surface area contributed by atoms with E-state index in [0.29, 0.717) is 17.4 Å². The molecule has 0 aliphatic carbocycles. The standard InChI is InChI=1S/C75H149N2O6P/c1-6-8-10-12-14-16-18-20-22-24-26-28-30-32-34-36-38-39-40-42-44-46-48-50-52-54-56-58-60-62-64-66-68-74(78)73(72-83-84(80,81)82-71-70-77(3,4)5)76-75(79)69-67-65-63-61-59-57-55-53-51-49-47-45-43-41-37-35-33-31-29-27-25-23-21-19-17-15-13-11-9-7-2/h58,60,66,68,73-74,78H,6-57,59,61-65,67,69-72H2,1-5H3,(H-,76,79,80,81)/b60-58+,68-66+. The maximum Gasteiger partial charge on any atom is 0.268 e. The quantitative estimate of drug-likeness (QED) is 0.0272. The predicted molar refractivity (Wildman–Crippen MR) is 367 cm³/mol. The van der Waals surface area contributed by atoms with E-state index >= 15 is 0 Å². The highest BCUT2D eigenvalue weighted by atomic mass is 31.2. The molecular weight excluding hydrogens is 1060 g/mol. The van der Waals surface area contributed by atoms with Gasteiger partial charge in [0.1, 0.15) is 13.2 Å². The van der Waals surface area contributed by atoms with Gasteiger partial charge in [-0.3, -0.25) is 9.36 Å². The van der Waals surface area contributed by atoms with E-state index in [-0.39, 0.29) is 19.1 Å². The molecule has 0 fully saturated rings. The Balaban J connectivity index is 4.02. The highest BCUT2D eigenvalue weighted by Gasteiger charge is 2.23. The van der Waals surface area contributed by atoms with E-state index in [1.807, 2.05) is 27.2 Å². The summed E-state index contributed by atoms with van der Waals surface area (Å²) < 4.78 is 23.5. The lowest BCUT2D eigenvalue weighted by molar-refractivity contribution is -0.870. The molecule has 0 bridgehead atoms. The molecule has 3 unspecified atom stereocenters. The summed E-state index contributed by atoms with van der Waals surface area (Å²) in [6.07, 6.45) is 87.7. The Kier molecular flexibility index (Phi) is 65.6. The number of hydrogen-bond donors (Lipinski definition) is 2. The minimum Gasteiger partial charge on any atom is -0.756 e. The third kappa shape index (κ3) is 68.5. The lowest BCUT2D eigenvalue weighted by Crippen LogP contribution is -2.45. The average Bonchev–Trinajstić information content (AvgIpc) is 3.56. The van der Waals surface area contributed by atoms with Gasteiger partial charge >= 0.3 is 0 Å². The van der Waals surface area contributed by atoms with Gasteiger partial charge < -0.3 is 28.8 Å². The molecule has 0 rings (SSSR count). The van der Waals surface area contributed by atoms with Crippen molar-refractivity contribution in [2.24, 2.45) is 0 Å². The van der Waals surface area contributed by atoms with Crippen LogP contribution in [0.15, 0.2) is 24.3 Å². The van der Waals surface area contributed by atoms with Gasteiger partial charge in [0, 0.05) is 6.42 Å². The van der Waals surface area contributed by atoms with E-state index in [9.17, 15) is 19.4 Å². The molecule has 0 aromatic carbocycles. The van der Waals surface area contributed by atoms with Gasteiger partial charge in [-0.2, -0.15) is 0 Å². The SMILES string of the molecule is CCCCCCCCCCCCCCCCCCCCCCCCCCCC/C=C/CC/C=C/C(O)C(COP(=O)([O-])OCC[N+](C)(C)C)NC(=O)CCCCCCCCCCCCCCCCCCCCCCCCCCCCCCCC. The van der Waals surface area contributed by atoms with Crippen molar-refractivity contribution in [2.75, 3.05) is 40.9 Å². The van der Waals surface area contributed by atoms with E-state index in [1.54, 1.807) is 6.08 Å². The minimum absolute atomic E-state index is 0.00331. The molecular formula is C75H149N2O6P. The van der Waals surface area contributed by atoms with Crippen molar-refractivity contribution in [1.82, 2.24) is 5.32 Å². The van der Waals surface area contributed by atoms with Crippen LogP contribution >= 0.6 is 7.82 Å². The lowest BCUT2D eigenvalue weighted by Gasteiger charge is -2.29. The number of nitrogens with one attached hydrogen (secondary N) is 1. The van der Waals surface area contributed by atoms with Crippen LogP contribution in [0, 0.1) is 0 Å². The number of hydrogen-bond acceptors (Lipinski definition) is 6. The summed E-state index contributed by atoms with van der Waals surface area (Å²) in [4.78, 5) is 25.7. The van der Waals surface area contributed by atoms with E-state index in [1.165, 1.54) is 340 Å². The summed E-state index contributed by atoms with van der Waals surface area (Å²) in [6.45, 7) is 4.70. The Morgan fingerprint density at radius 1 is 0.405 bits per heavy atom. The van der Waals surface area contributed by atoms with E-state index in [2.05, 4.69) is 31.3 Å². The molecule has 2 N–H and O–H groups in total. The van der Waals surface area contributed by atoms with E-state index in [4.69, 9.17) is 9.05 Å². The maximum absolute atomic E-state index is 13.0. The third-order valence-electron chi connectivity index (χ3n) is 17.7. The molecule has 0 aliphatic heterocycles. The zero-order chi connectivity index (χ0) is 61.2. The fourth-order valence-corrected chi connectivity index (χ4v) is 12.5. The predicted octanol–water partition coefficient (Wildman–Crippen LogP) is 23.6. The second-order valence-corrected chi connectivity index (χ2v) is 28.8. The number of carbonyl (C=O) groups is 1. The Morgan fingerprint density at radius 3 is 0.964 bits per heavy atom. The van der Waals surface area contributed by atoms with Gasteiger partial charge in [-0.15, -0.1) is 0 Å². The van der Waals surface area contributed by atoms with Crippen LogP contribution in [0.2, 0.25) is 0 Å². The number of likely N-dealkylation sites (N-methyl/N-ethyl adjacent to an activating group) is 1. The molecule has 1 amide bonds. The Labute approximate surface area is 525 Å². The molecule has 0 aromatic rings. The number of unbranched alkanes of at least 4 members (excludes halogenated alkanes) is 56. The number of nitrogens with zero attached hydrogens (tertiary/aromatic N) is 1. The number of amides is 1. The van der Waals surface area contributed by atoms with Crippen LogP contribution in [-0.4, -0.2) is 68.5 Å². The van der Waals surface area contributed by atoms with E-state index in [0.717, 1.165) is 38.5 Å². The molecule has 0 saturated carbocycles. The summed E-state index contributed by atoms with van der Waals surface area (Å²) in [7, 11) is 1.27. The van der Waals surface area contributed by atoms with Gasteiger partial charge in [0.15, 0.2) is 0 Å². The van der Waals surface area contributed by atoms with Crippen molar-refractivity contribution >= 4 is 13.7 Å². The van der Waals surface area contributed by atoms with Gasteiger partial charge in [-0.1, -0.05) is 385 Å². The number of quaternary nitrogens is 1. The fourth-order valence-electron chi connectivity index (χ4n) is 11.8. The highest BCUT2D eigenvalue weighted by molar-refractivity contribution is 7.45. The second kappa shape index (κ2) is 66.4. The molecule has 500 valence electrons. The summed E-state index contributed by atoms with van der Waals surface area (Å²) >= 11 is 0. The number of rotatable bonds is 71. The molecule has 0 aromatic heterocycles. The molecule has 8 nitrogen and oxygen atoms in total. The minimum atomic E-state index is -4.61. The van der Waals surface area contributed by atoms with Gasteiger partial charge in [-0.25, -0.2) is 0 Å². The highest BCUT2D eigenvalue weighted by Crippen LogP contribution is 2.38. The van der Waals surface area contributed by atoms with Crippen molar-refractivity contribution in [1.29, 1.82) is 0 Å². The van der Waals surface area contributed by atoms with Crippen molar-refractivity contribution < 1.29 is 32.9 Å². The number of phosphoric ester groups is 1. The van der Waals surface area contributed by atoms with Crippen molar-refractivity contribution in [3.05, 3.63) is 24.3 Å². The van der Waals surface area contributed by atoms with E-state index < -0.39 is 20.0 Å². The first kappa shape index (κ1) is 83.0. The van der Waals surface area contributed by atoms with Crippen molar-refractivity contribution in [2.45, 2.75) is 411 Å². The monoisotopic (exact) mass is 1210 g/mol. The molecule has 0 spiro atoms. The molecule has 84 heavy (non-hydrogen) atoms. The molecule has 3 atom stereocenters. The molecule has 0 saturated heterocycles. The zero-order valence-corrected chi connectivity index (χ0v) is 58.3. The third-order valence-corrected chi connectivity index (χ3v) is 18.6. The summed E-state index contributed by atoms with van der Waals surface area (Å²) in [5.74, 6) is -0.197. The topological polar surface area (TPSA) is 108 Å². The number of aliphatic hydroxyl groups excluding tert-OH is 1. The first-order chi connectivity index (χ1) is 41.0. The number of allylic oxidation sites excluding steroid dienone is 3. The summed E-state index contributed by atoms with van der Waals surface area (Å²) in [5, 5.41) is 14.0. The van der Waals surface area contributed by atoms with Crippen molar-refractivity contribution in [3.8, 4) is 0 Å². The molecule has 9 heteroatoms. The van der Waals surface area contributed by atoms with Crippen LogP contribution in [0.3, 0.4) is 0 Å². The van der Waals surface area contributed by atoms with Crippen LogP contribution in [0.25, 0.3) is 0 Å². The van der Waals surface area contributed by atoms with Crippen LogP contribution in [0.4, 0.5) is 0 Å². The zero-order valence-electron chi connectivity index (χ0n) is 57.4. The smallest absolute Gasteiger partial charge is 0.268 e. The Hall–Kier alpha value is -1.02. The first-order valence-corrected chi connectivity index (χ1v) is 39.2. The number of aliphatic hydroxyl groups is 1. The number of phosphoric acid groups is 1. The van der Waals surface area contributed by atoms with Gasteiger partial charge in [-0.05, 0) is 32.1 Å². The second-order valence-electron chi connectivity index (χ2n) is 27.4. The normalized spacial score (nSPS) is 13.7.